The summed E-state index contributed by atoms with van der Waals surface area (Å²) in [5, 5.41) is 9.04. The van der Waals surface area contributed by atoms with E-state index in [9.17, 15) is 4.79 Å². The summed E-state index contributed by atoms with van der Waals surface area (Å²) < 4.78 is 0. The van der Waals surface area contributed by atoms with E-state index in [1.165, 1.54) is 19.5 Å². The van der Waals surface area contributed by atoms with Crippen LogP contribution < -0.4 is 0 Å². The molecule has 1 saturated heterocycles. The molecule has 23 heavy (non-hydrogen) atoms. The Balaban J connectivity index is 1.58. The molecule has 0 bridgehead atoms. The Morgan fingerprint density at radius 1 is 1.35 bits per heavy atom. The number of carboxylic acids is 1. The molecule has 1 aromatic carbocycles. The summed E-state index contributed by atoms with van der Waals surface area (Å²) in [6.07, 6.45) is 3.31. The number of carbonyl (C=O) groups is 1. The summed E-state index contributed by atoms with van der Waals surface area (Å²) in [5.41, 5.74) is 1.94. The number of H-pyrrole nitrogens is 1. The molecule has 124 valence electrons. The van der Waals surface area contributed by atoms with Gasteiger partial charge >= 0.3 is 5.97 Å². The minimum Gasteiger partial charge on any atom is -0.478 e. The third-order valence-electron chi connectivity index (χ3n) is 4.61. The standard InChI is InChI=1S/C18H25N3O2/c1-12-8-13(2)11-21(10-12)7-3-4-17-19-15-6-5-14(18(22)23)9-16(15)20-17/h5-6,9,12-13H,3-4,7-8,10-11H2,1-2H3,(H,19,20)(H,22,23). The van der Waals surface area contributed by atoms with Gasteiger partial charge in [-0.1, -0.05) is 13.8 Å². The number of aromatic amines is 1. The number of rotatable bonds is 5. The maximum absolute atomic E-state index is 11.0. The maximum atomic E-state index is 11.0. The fraction of sp³-hybridized carbons (Fsp3) is 0.556. The van der Waals surface area contributed by atoms with Gasteiger partial charge in [0.2, 0.25) is 0 Å². The normalized spacial score (nSPS) is 22.5. The van der Waals surface area contributed by atoms with Crippen LogP contribution in [-0.4, -0.2) is 45.6 Å². The molecule has 0 amide bonds. The van der Waals surface area contributed by atoms with Gasteiger partial charge in [-0.2, -0.15) is 0 Å². The fourth-order valence-electron chi connectivity index (χ4n) is 3.76. The van der Waals surface area contributed by atoms with Gasteiger partial charge < -0.3 is 15.0 Å². The van der Waals surface area contributed by atoms with Crippen molar-refractivity contribution in [1.29, 1.82) is 0 Å². The van der Waals surface area contributed by atoms with Gasteiger partial charge in [0.1, 0.15) is 5.82 Å². The van der Waals surface area contributed by atoms with Crippen molar-refractivity contribution in [2.45, 2.75) is 33.1 Å². The SMILES string of the molecule is CC1CC(C)CN(CCCc2nc3ccc(C(=O)O)cc3[nH]2)C1. The average Bonchev–Trinajstić information content (AvgIpc) is 2.87. The highest BCUT2D eigenvalue weighted by atomic mass is 16.4. The minimum absolute atomic E-state index is 0.295. The van der Waals surface area contributed by atoms with E-state index in [2.05, 4.69) is 28.7 Å². The van der Waals surface area contributed by atoms with Crippen LogP contribution in [0.2, 0.25) is 0 Å². The molecule has 2 unspecified atom stereocenters. The average molecular weight is 315 g/mol. The molecule has 0 aliphatic carbocycles. The van der Waals surface area contributed by atoms with Crippen LogP contribution in [-0.2, 0) is 6.42 Å². The van der Waals surface area contributed by atoms with E-state index < -0.39 is 5.97 Å². The van der Waals surface area contributed by atoms with Gasteiger partial charge in [-0.25, -0.2) is 9.78 Å². The second-order valence-corrected chi connectivity index (χ2v) is 7.03. The quantitative estimate of drug-likeness (QED) is 0.889. The van der Waals surface area contributed by atoms with Crippen LogP contribution in [0.5, 0.6) is 0 Å². The molecule has 3 rings (SSSR count). The number of aryl methyl sites for hydroxylation is 1. The third kappa shape index (κ3) is 3.91. The van der Waals surface area contributed by atoms with Crippen LogP contribution in [0.25, 0.3) is 11.0 Å². The van der Waals surface area contributed by atoms with Crippen LogP contribution >= 0.6 is 0 Å². The molecule has 0 spiro atoms. The van der Waals surface area contributed by atoms with Crippen molar-refractivity contribution >= 4 is 17.0 Å². The van der Waals surface area contributed by atoms with Gasteiger partial charge in [0, 0.05) is 19.5 Å². The number of imidazole rings is 1. The van der Waals surface area contributed by atoms with Crippen LogP contribution in [0.4, 0.5) is 0 Å². The van der Waals surface area contributed by atoms with Crippen molar-refractivity contribution < 1.29 is 9.90 Å². The van der Waals surface area contributed by atoms with E-state index in [4.69, 9.17) is 5.11 Å². The lowest BCUT2D eigenvalue weighted by molar-refractivity contribution is 0.0697. The number of fused-ring (bicyclic) bond motifs is 1. The highest BCUT2D eigenvalue weighted by Crippen LogP contribution is 2.21. The summed E-state index contributed by atoms with van der Waals surface area (Å²) in [7, 11) is 0. The Morgan fingerprint density at radius 3 is 2.78 bits per heavy atom. The van der Waals surface area contributed by atoms with Gasteiger partial charge in [0.05, 0.1) is 16.6 Å². The molecular weight excluding hydrogens is 290 g/mol. The number of carboxylic acid groups (broad SMARTS) is 1. The molecule has 1 aliphatic rings. The molecule has 2 N–H and O–H groups in total. The largest absolute Gasteiger partial charge is 0.478 e. The summed E-state index contributed by atoms with van der Waals surface area (Å²) >= 11 is 0. The third-order valence-corrected chi connectivity index (χ3v) is 4.61. The zero-order valence-electron chi connectivity index (χ0n) is 13.9. The smallest absolute Gasteiger partial charge is 0.335 e. The molecular formula is C18H25N3O2. The Labute approximate surface area is 136 Å². The molecule has 0 radical (unpaired) electrons. The highest BCUT2D eigenvalue weighted by molar-refractivity contribution is 5.92. The van der Waals surface area contributed by atoms with Crippen LogP contribution in [0.1, 0.15) is 42.9 Å². The summed E-state index contributed by atoms with van der Waals surface area (Å²) in [4.78, 5) is 21.4. The molecule has 2 heterocycles. The number of likely N-dealkylation sites (tertiary alicyclic amines) is 1. The number of aromatic nitrogens is 2. The second-order valence-electron chi connectivity index (χ2n) is 7.03. The molecule has 1 fully saturated rings. The predicted molar refractivity (Wildman–Crippen MR) is 90.8 cm³/mol. The summed E-state index contributed by atoms with van der Waals surface area (Å²) in [6, 6.07) is 5.03. The van der Waals surface area contributed by atoms with Crippen LogP contribution in [0, 0.1) is 11.8 Å². The van der Waals surface area contributed by atoms with E-state index in [0.717, 1.165) is 48.1 Å². The van der Waals surface area contributed by atoms with Crippen LogP contribution in [0.3, 0.4) is 0 Å². The zero-order valence-corrected chi connectivity index (χ0v) is 13.9. The van der Waals surface area contributed by atoms with Crippen molar-refractivity contribution in [2.24, 2.45) is 11.8 Å². The second kappa shape index (κ2) is 6.71. The van der Waals surface area contributed by atoms with Crippen LogP contribution in [0.15, 0.2) is 18.2 Å². The summed E-state index contributed by atoms with van der Waals surface area (Å²) in [6.45, 7) is 8.18. The monoisotopic (exact) mass is 315 g/mol. The number of benzene rings is 1. The highest BCUT2D eigenvalue weighted by Gasteiger charge is 2.21. The van der Waals surface area contributed by atoms with Gasteiger partial charge in [-0.05, 0) is 49.4 Å². The molecule has 5 nitrogen and oxygen atoms in total. The minimum atomic E-state index is -0.906. The molecule has 5 heteroatoms. The van der Waals surface area contributed by atoms with E-state index in [1.807, 2.05) is 0 Å². The van der Waals surface area contributed by atoms with Crippen molar-refractivity contribution in [3.8, 4) is 0 Å². The first-order chi connectivity index (χ1) is 11.0. The zero-order chi connectivity index (χ0) is 16.4. The van der Waals surface area contributed by atoms with Gasteiger partial charge in [0.25, 0.3) is 0 Å². The lowest BCUT2D eigenvalue weighted by Crippen LogP contribution is -2.39. The number of nitrogens with zero attached hydrogens (tertiary/aromatic N) is 2. The Morgan fingerprint density at radius 2 is 2.09 bits per heavy atom. The Bertz CT molecular complexity index is 685. The number of piperidine rings is 1. The van der Waals surface area contributed by atoms with Gasteiger partial charge in [-0.15, -0.1) is 0 Å². The number of aromatic carboxylic acids is 1. The number of hydrogen-bond donors (Lipinski definition) is 2. The molecule has 0 saturated carbocycles. The van der Waals surface area contributed by atoms with Crippen molar-refractivity contribution in [3.63, 3.8) is 0 Å². The first kappa shape index (κ1) is 16.0. The summed E-state index contributed by atoms with van der Waals surface area (Å²) in [5.74, 6) is 1.62. The van der Waals surface area contributed by atoms with E-state index in [1.54, 1.807) is 18.2 Å². The molecule has 1 aliphatic heterocycles. The fourth-order valence-corrected chi connectivity index (χ4v) is 3.76. The maximum Gasteiger partial charge on any atom is 0.335 e. The van der Waals surface area contributed by atoms with E-state index in [0.29, 0.717) is 5.56 Å². The Hall–Kier alpha value is -1.88. The van der Waals surface area contributed by atoms with Gasteiger partial charge in [-0.3, -0.25) is 0 Å². The first-order valence-corrected chi connectivity index (χ1v) is 8.45. The van der Waals surface area contributed by atoms with E-state index >= 15 is 0 Å². The Kier molecular flexibility index (Phi) is 4.66. The van der Waals surface area contributed by atoms with Crippen molar-refractivity contribution in [3.05, 3.63) is 29.6 Å². The lowest BCUT2D eigenvalue weighted by atomic mass is 9.92. The number of hydrogen-bond acceptors (Lipinski definition) is 3. The van der Waals surface area contributed by atoms with Crippen molar-refractivity contribution in [1.82, 2.24) is 14.9 Å². The molecule has 2 aromatic rings. The number of nitrogens with one attached hydrogen (secondary N) is 1. The molecule has 2 atom stereocenters. The van der Waals surface area contributed by atoms with Crippen molar-refractivity contribution in [2.75, 3.05) is 19.6 Å². The van der Waals surface area contributed by atoms with Gasteiger partial charge in [0.15, 0.2) is 0 Å². The predicted octanol–water partition coefficient (Wildman–Crippen LogP) is 3.17. The topological polar surface area (TPSA) is 69.2 Å². The first-order valence-electron chi connectivity index (χ1n) is 8.45. The van der Waals surface area contributed by atoms with E-state index in [-0.39, 0.29) is 0 Å². The molecule has 1 aromatic heterocycles. The lowest BCUT2D eigenvalue weighted by Gasteiger charge is -2.34.